The third kappa shape index (κ3) is 7.47. The van der Waals surface area contributed by atoms with Crippen LogP contribution in [-0.4, -0.2) is 45.4 Å². The summed E-state index contributed by atoms with van der Waals surface area (Å²) < 4.78 is 15.6. The molecule has 1 saturated heterocycles. The van der Waals surface area contributed by atoms with Crippen molar-refractivity contribution in [1.29, 1.82) is 0 Å². The zero-order chi connectivity index (χ0) is 12.3. The Balaban J connectivity index is 1.86. The molecule has 0 bridgehead atoms. The predicted molar refractivity (Wildman–Crippen MR) is 65.1 cm³/mol. The Bertz CT molecular complexity index is 200. The highest BCUT2D eigenvalue weighted by Crippen LogP contribution is 2.17. The molecule has 0 aromatic carbocycles. The van der Waals surface area contributed by atoms with E-state index in [0.29, 0.717) is 44.5 Å². The fourth-order valence-corrected chi connectivity index (χ4v) is 1.95. The van der Waals surface area contributed by atoms with Gasteiger partial charge in [-0.05, 0) is 25.7 Å². The van der Waals surface area contributed by atoms with Gasteiger partial charge in [0.2, 0.25) is 0 Å². The van der Waals surface area contributed by atoms with Gasteiger partial charge >= 0.3 is 0 Å². The Labute approximate surface area is 104 Å². The van der Waals surface area contributed by atoms with E-state index in [2.05, 4.69) is 0 Å². The Kier molecular flexibility index (Phi) is 8.22. The highest BCUT2D eigenvalue weighted by Gasteiger charge is 2.15. The molecule has 0 aromatic rings. The largest absolute Gasteiger partial charge is 0.382 e. The second-order valence-electron chi connectivity index (χ2n) is 4.42. The van der Waals surface area contributed by atoms with E-state index >= 15 is 0 Å². The molecule has 0 amide bonds. The number of carbonyl (C=O) groups excluding carboxylic acids is 1. The summed E-state index contributed by atoms with van der Waals surface area (Å²) >= 11 is 0. The zero-order valence-corrected chi connectivity index (χ0v) is 10.8. The van der Waals surface area contributed by atoms with Gasteiger partial charge in [-0.2, -0.15) is 0 Å². The van der Waals surface area contributed by atoms with E-state index in [-0.39, 0.29) is 0 Å². The van der Waals surface area contributed by atoms with Crippen molar-refractivity contribution >= 4 is 5.78 Å². The molecule has 0 radical (unpaired) electrons. The second-order valence-corrected chi connectivity index (χ2v) is 4.42. The van der Waals surface area contributed by atoms with Gasteiger partial charge in [0.15, 0.2) is 0 Å². The van der Waals surface area contributed by atoms with Crippen LogP contribution in [0.4, 0.5) is 0 Å². The molecule has 0 aromatic heterocycles. The molecule has 0 saturated carbocycles. The number of hydrogen-bond donors (Lipinski definition) is 0. The first-order chi connectivity index (χ1) is 8.33. The molecule has 17 heavy (non-hydrogen) atoms. The second kappa shape index (κ2) is 9.57. The van der Waals surface area contributed by atoms with Gasteiger partial charge in [0, 0.05) is 26.6 Å². The summed E-state index contributed by atoms with van der Waals surface area (Å²) in [7, 11) is 1.64. The first-order valence-electron chi connectivity index (χ1n) is 6.53. The summed E-state index contributed by atoms with van der Waals surface area (Å²) in [5.41, 5.74) is 0. The van der Waals surface area contributed by atoms with Gasteiger partial charge in [0.05, 0.1) is 25.9 Å². The zero-order valence-electron chi connectivity index (χ0n) is 10.8. The van der Waals surface area contributed by atoms with Crippen LogP contribution < -0.4 is 0 Å². The summed E-state index contributed by atoms with van der Waals surface area (Å²) in [4.78, 5) is 11.5. The minimum absolute atomic E-state index is 0.292. The Morgan fingerprint density at radius 2 is 2.18 bits per heavy atom. The van der Waals surface area contributed by atoms with Crippen molar-refractivity contribution in [2.75, 3.05) is 33.5 Å². The molecule has 1 heterocycles. The normalized spacial score (nSPS) is 19.7. The number of ether oxygens (including phenoxy) is 3. The van der Waals surface area contributed by atoms with E-state index in [1.807, 2.05) is 0 Å². The summed E-state index contributed by atoms with van der Waals surface area (Å²) in [6.45, 7) is 2.57. The van der Waals surface area contributed by atoms with Gasteiger partial charge in [-0.25, -0.2) is 0 Å². The lowest BCUT2D eigenvalue weighted by Gasteiger charge is -2.08. The molecule has 1 aliphatic heterocycles. The first kappa shape index (κ1) is 14.6. The maximum atomic E-state index is 11.5. The summed E-state index contributed by atoms with van der Waals surface area (Å²) in [5.74, 6) is 0.292. The maximum Gasteiger partial charge on any atom is 0.135 e. The van der Waals surface area contributed by atoms with E-state index in [4.69, 9.17) is 14.2 Å². The number of methoxy groups -OCH3 is 1. The minimum Gasteiger partial charge on any atom is -0.382 e. The summed E-state index contributed by atoms with van der Waals surface area (Å²) in [6, 6.07) is 0. The highest BCUT2D eigenvalue weighted by atomic mass is 16.5. The van der Waals surface area contributed by atoms with Crippen molar-refractivity contribution in [3.63, 3.8) is 0 Å². The average molecular weight is 244 g/mol. The molecule has 4 nitrogen and oxygen atoms in total. The van der Waals surface area contributed by atoms with Crippen LogP contribution in [-0.2, 0) is 19.0 Å². The van der Waals surface area contributed by atoms with E-state index in [0.717, 1.165) is 25.9 Å². The van der Waals surface area contributed by atoms with Crippen LogP contribution in [0.5, 0.6) is 0 Å². The molecule has 0 spiro atoms. The monoisotopic (exact) mass is 244 g/mol. The third-order valence-corrected chi connectivity index (χ3v) is 2.96. The lowest BCUT2D eigenvalue weighted by atomic mass is 10.1. The predicted octanol–water partition coefficient (Wildman–Crippen LogP) is 1.96. The quantitative estimate of drug-likeness (QED) is 0.551. The van der Waals surface area contributed by atoms with Crippen molar-refractivity contribution in [2.45, 2.75) is 44.6 Å². The SMILES string of the molecule is COCCOCCC(=O)CCCC1CCCO1. The number of rotatable bonds is 10. The number of ketones is 1. The van der Waals surface area contributed by atoms with E-state index < -0.39 is 0 Å². The molecule has 0 N–H and O–H groups in total. The van der Waals surface area contributed by atoms with Crippen molar-refractivity contribution in [3.8, 4) is 0 Å². The van der Waals surface area contributed by atoms with Crippen molar-refractivity contribution < 1.29 is 19.0 Å². The van der Waals surface area contributed by atoms with Gasteiger partial charge in [-0.1, -0.05) is 0 Å². The van der Waals surface area contributed by atoms with Crippen molar-refractivity contribution in [3.05, 3.63) is 0 Å². The number of Topliss-reactive ketones (excluding diaryl/α,β-unsaturated/α-hetero) is 1. The third-order valence-electron chi connectivity index (χ3n) is 2.96. The fourth-order valence-electron chi connectivity index (χ4n) is 1.95. The van der Waals surface area contributed by atoms with Crippen LogP contribution in [0.3, 0.4) is 0 Å². The topological polar surface area (TPSA) is 44.8 Å². The van der Waals surface area contributed by atoms with Gasteiger partial charge in [0.25, 0.3) is 0 Å². The van der Waals surface area contributed by atoms with Crippen molar-refractivity contribution in [2.24, 2.45) is 0 Å². The Morgan fingerprint density at radius 1 is 1.29 bits per heavy atom. The smallest absolute Gasteiger partial charge is 0.135 e. The molecule has 0 aliphatic carbocycles. The highest BCUT2D eigenvalue weighted by molar-refractivity contribution is 5.78. The van der Waals surface area contributed by atoms with Crippen LogP contribution in [0.25, 0.3) is 0 Å². The molecular formula is C13H24O4. The van der Waals surface area contributed by atoms with Gasteiger partial charge in [-0.3, -0.25) is 4.79 Å². The van der Waals surface area contributed by atoms with Crippen LogP contribution in [0.1, 0.15) is 38.5 Å². The van der Waals surface area contributed by atoms with Crippen molar-refractivity contribution in [1.82, 2.24) is 0 Å². The summed E-state index contributed by atoms with van der Waals surface area (Å²) in [5, 5.41) is 0. The van der Waals surface area contributed by atoms with E-state index in [1.165, 1.54) is 6.42 Å². The van der Waals surface area contributed by atoms with Gasteiger partial charge < -0.3 is 14.2 Å². The molecule has 1 aliphatic rings. The summed E-state index contributed by atoms with van der Waals surface area (Å²) in [6.07, 6.45) is 5.89. The standard InChI is InChI=1S/C13H24O4/c1-15-10-11-16-9-7-12(14)4-2-5-13-6-3-8-17-13/h13H,2-11H2,1H3. The molecule has 1 unspecified atom stereocenters. The molecule has 1 fully saturated rings. The maximum absolute atomic E-state index is 11.5. The number of hydrogen-bond acceptors (Lipinski definition) is 4. The molecule has 1 atom stereocenters. The van der Waals surface area contributed by atoms with Crippen LogP contribution >= 0.6 is 0 Å². The molecule has 4 heteroatoms. The lowest BCUT2D eigenvalue weighted by molar-refractivity contribution is -0.120. The Morgan fingerprint density at radius 3 is 2.88 bits per heavy atom. The first-order valence-corrected chi connectivity index (χ1v) is 6.53. The fraction of sp³-hybridized carbons (Fsp3) is 0.923. The van der Waals surface area contributed by atoms with Crippen LogP contribution in [0.15, 0.2) is 0 Å². The molecule has 100 valence electrons. The number of carbonyl (C=O) groups is 1. The van der Waals surface area contributed by atoms with E-state index in [1.54, 1.807) is 7.11 Å². The van der Waals surface area contributed by atoms with Gasteiger partial charge in [0.1, 0.15) is 5.78 Å². The van der Waals surface area contributed by atoms with Gasteiger partial charge in [-0.15, -0.1) is 0 Å². The minimum atomic E-state index is 0.292. The van der Waals surface area contributed by atoms with Crippen LogP contribution in [0.2, 0.25) is 0 Å². The van der Waals surface area contributed by atoms with E-state index in [9.17, 15) is 4.79 Å². The molecule has 1 rings (SSSR count). The Hall–Kier alpha value is -0.450. The average Bonchev–Trinajstić information content (AvgIpc) is 2.82. The molecular weight excluding hydrogens is 220 g/mol. The lowest BCUT2D eigenvalue weighted by Crippen LogP contribution is -2.09. The van der Waals surface area contributed by atoms with Crippen LogP contribution in [0, 0.1) is 0 Å².